The molecule has 2 rings (SSSR count). The van der Waals surface area contributed by atoms with Crippen LogP contribution in [0.25, 0.3) is 0 Å². The van der Waals surface area contributed by atoms with Crippen molar-refractivity contribution in [3.8, 4) is 5.75 Å². The van der Waals surface area contributed by atoms with Gasteiger partial charge in [-0.1, -0.05) is 25.0 Å². The summed E-state index contributed by atoms with van der Waals surface area (Å²) in [6, 6.07) is 4.92. The van der Waals surface area contributed by atoms with E-state index >= 15 is 0 Å². The molecule has 0 radical (unpaired) electrons. The van der Waals surface area contributed by atoms with Gasteiger partial charge in [-0.3, -0.25) is 9.59 Å². The van der Waals surface area contributed by atoms with E-state index in [2.05, 4.69) is 5.32 Å². The number of amides is 1. The molecule has 0 bridgehead atoms. The Morgan fingerprint density at radius 1 is 1.32 bits per heavy atom. The van der Waals surface area contributed by atoms with Crippen LogP contribution in [0.5, 0.6) is 5.75 Å². The molecule has 5 nitrogen and oxygen atoms in total. The van der Waals surface area contributed by atoms with Gasteiger partial charge in [0.2, 0.25) is 5.91 Å². The zero-order chi connectivity index (χ0) is 16.3. The summed E-state index contributed by atoms with van der Waals surface area (Å²) < 4.78 is 5.36. The summed E-state index contributed by atoms with van der Waals surface area (Å²) >= 11 is 0. The van der Waals surface area contributed by atoms with E-state index < -0.39 is 17.4 Å². The summed E-state index contributed by atoms with van der Waals surface area (Å²) in [5.74, 6) is -0.475. The summed E-state index contributed by atoms with van der Waals surface area (Å²) in [5.41, 5.74) is 1.27. The molecule has 120 valence electrons. The number of rotatable bonds is 5. The van der Waals surface area contributed by atoms with Crippen molar-refractivity contribution >= 4 is 11.9 Å². The second-order valence-electron chi connectivity index (χ2n) is 6.01. The van der Waals surface area contributed by atoms with Crippen molar-refractivity contribution in [2.75, 3.05) is 7.11 Å². The number of hydrogen-bond donors (Lipinski definition) is 2. The van der Waals surface area contributed by atoms with E-state index in [9.17, 15) is 9.59 Å². The zero-order valence-electron chi connectivity index (χ0n) is 13.3. The number of carboxylic acid groups (broad SMARTS) is 1. The minimum absolute atomic E-state index is 0.203. The predicted octanol–water partition coefficient (Wildman–Crippen LogP) is 2.40. The van der Waals surface area contributed by atoms with Crippen LogP contribution in [0.2, 0.25) is 0 Å². The van der Waals surface area contributed by atoms with Crippen LogP contribution in [0.4, 0.5) is 0 Å². The van der Waals surface area contributed by atoms with Gasteiger partial charge < -0.3 is 15.2 Å². The van der Waals surface area contributed by atoms with Gasteiger partial charge in [-0.05, 0) is 43.9 Å². The van der Waals surface area contributed by atoms with E-state index in [1.807, 2.05) is 25.1 Å². The van der Waals surface area contributed by atoms with Crippen LogP contribution in [0.15, 0.2) is 18.2 Å². The third-order valence-electron chi connectivity index (χ3n) is 4.57. The lowest BCUT2D eigenvalue weighted by molar-refractivity contribution is -0.142. The third kappa shape index (κ3) is 2.93. The molecule has 0 heterocycles. The Kier molecular flexibility index (Phi) is 4.74. The number of carbonyl (C=O) groups excluding carboxylic acids is 1. The number of ether oxygens (including phenoxy) is 1. The van der Waals surface area contributed by atoms with Crippen molar-refractivity contribution in [2.24, 2.45) is 0 Å². The predicted molar refractivity (Wildman–Crippen MR) is 83.1 cm³/mol. The van der Waals surface area contributed by atoms with Gasteiger partial charge in [-0.2, -0.15) is 0 Å². The number of hydrogen-bond acceptors (Lipinski definition) is 3. The fourth-order valence-electron chi connectivity index (χ4n) is 3.14. The second-order valence-corrected chi connectivity index (χ2v) is 6.01. The number of carboxylic acids is 1. The van der Waals surface area contributed by atoms with Gasteiger partial charge in [0.15, 0.2) is 0 Å². The highest BCUT2D eigenvalue weighted by molar-refractivity contribution is 5.91. The minimum Gasteiger partial charge on any atom is -0.496 e. The highest BCUT2D eigenvalue weighted by Crippen LogP contribution is 2.42. The lowest BCUT2D eigenvalue weighted by Crippen LogP contribution is -2.48. The van der Waals surface area contributed by atoms with Crippen molar-refractivity contribution in [2.45, 2.75) is 51.0 Å². The van der Waals surface area contributed by atoms with Crippen LogP contribution in [0, 0.1) is 6.92 Å². The van der Waals surface area contributed by atoms with Gasteiger partial charge in [0.05, 0.1) is 12.5 Å². The normalized spacial score (nSPS) is 17.8. The molecule has 1 saturated carbocycles. The zero-order valence-corrected chi connectivity index (χ0v) is 13.3. The molecule has 2 N–H and O–H groups in total. The lowest BCUT2D eigenvalue weighted by Gasteiger charge is -2.30. The van der Waals surface area contributed by atoms with Crippen LogP contribution >= 0.6 is 0 Å². The molecule has 1 amide bonds. The van der Waals surface area contributed by atoms with Crippen LogP contribution in [0.3, 0.4) is 0 Å². The molecule has 0 saturated heterocycles. The summed E-state index contributed by atoms with van der Waals surface area (Å²) in [5, 5.41) is 11.6. The van der Waals surface area contributed by atoms with E-state index in [0.717, 1.165) is 42.6 Å². The lowest BCUT2D eigenvalue weighted by atomic mass is 9.77. The Morgan fingerprint density at radius 2 is 1.95 bits per heavy atom. The minimum atomic E-state index is -1.03. The van der Waals surface area contributed by atoms with Crippen molar-refractivity contribution in [1.82, 2.24) is 5.32 Å². The van der Waals surface area contributed by atoms with Gasteiger partial charge in [-0.25, -0.2) is 0 Å². The Hall–Kier alpha value is -2.04. The summed E-state index contributed by atoms with van der Waals surface area (Å²) in [6.07, 6.45) is 3.39. The van der Waals surface area contributed by atoms with Crippen LogP contribution in [-0.4, -0.2) is 30.1 Å². The standard InChI is InChI=1S/C17H23NO4/c1-11-6-7-13(10-14(11)22-3)17(8-4-5-9-17)16(21)18-12(2)15(19)20/h6-7,10,12H,4-5,8-9H2,1-3H3,(H,18,21)(H,19,20)/t12-/m0/s1. The second kappa shape index (κ2) is 6.38. The first-order valence-corrected chi connectivity index (χ1v) is 7.59. The van der Waals surface area contributed by atoms with E-state index in [1.165, 1.54) is 6.92 Å². The average Bonchev–Trinajstić information content (AvgIpc) is 2.98. The van der Waals surface area contributed by atoms with E-state index in [0.29, 0.717) is 0 Å². The van der Waals surface area contributed by atoms with Gasteiger partial charge in [-0.15, -0.1) is 0 Å². The molecule has 5 heteroatoms. The van der Waals surface area contributed by atoms with Crippen LogP contribution < -0.4 is 10.1 Å². The summed E-state index contributed by atoms with van der Waals surface area (Å²) in [7, 11) is 1.61. The Bertz CT molecular complexity index is 576. The Balaban J connectivity index is 2.36. The molecular weight excluding hydrogens is 282 g/mol. The highest BCUT2D eigenvalue weighted by Gasteiger charge is 2.43. The largest absolute Gasteiger partial charge is 0.496 e. The first kappa shape index (κ1) is 16.3. The number of nitrogens with one attached hydrogen (secondary N) is 1. The molecule has 1 fully saturated rings. The number of aryl methyl sites for hydroxylation is 1. The van der Waals surface area contributed by atoms with Crippen LogP contribution in [-0.2, 0) is 15.0 Å². The molecule has 1 aromatic rings. The van der Waals surface area contributed by atoms with Crippen molar-refractivity contribution in [3.05, 3.63) is 29.3 Å². The van der Waals surface area contributed by atoms with E-state index in [4.69, 9.17) is 9.84 Å². The molecule has 0 aromatic heterocycles. The average molecular weight is 305 g/mol. The Morgan fingerprint density at radius 3 is 2.50 bits per heavy atom. The quantitative estimate of drug-likeness (QED) is 0.876. The fourth-order valence-corrected chi connectivity index (χ4v) is 3.14. The smallest absolute Gasteiger partial charge is 0.325 e. The maximum absolute atomic E-state index is 12.8. The molecule has 0 aliphatic heterocycles. The van der Waals surface area contributed by atoms with Crippen molar-refractivity contribution < 1.29 is 19.4 Å². The molecule has 0 spiro atoms. The first-order valence-electron chi connectivity index (χ1n) is 7.59. The molecule has 1 aliphatic rings. The molecular formula is C17H23NO4. The number of methoxy groups -OCH3 is 1. The van der Waals surface area contributed by atoms with E-state index in [-0.39, 0.29) is 5.91 Å². The summed E-state index contributed by atoms with van der Waals surface area (Å²) in [6.45, 7) is 3.44. The van der Waals surface area contributed by atoms with Crippen LogP contribution in [0.1, 0.15) is 43.7 Å². The SMILES string of the molecule is COc1cc(C2(C(=O)N[C@@H](C)C(=O)O)CCCC2)ccc1C. The maximum Gasteiger partial charge on any atom is 0.325 e. The van der Waals surface area contributed by atoms with Gasteiger partial charge in [0.1, 0.15) is 11.8 Å². The number of aliphatic carboxylic acids is 1. The molecule has 22 heavy (non-hydrogen) atoms. The monoisotopic (exact) mass is 305 g/mol. The Labute approximate surface area is 130 Å². The van der Waals surface area contributed by atoms with Gasteiger partial charge in [0, 0.05) is 0 Å². The molecule has 1 atom stereocenters. The van der Waals surface area contributed by atoms with Crippen molar-refractivity contribution in [3.63, 3.8) is 0 Å². The summed E-state index contributed by atoms with van der Waals surface area (Å²) in [4.78, 5) is 23.8. The third-order valence-corrected chi connectivity index (χ3v) is 4.57. The number of carbonyl (C=O) groups is 2. The first-order chi connectivity index (χ1) is 10.4. The molecule has 0 unspecified atom stereocenters. The van der Waals surface area contributed by atoms with E-state index in [1.54, 1.807) is 7.11 Å². The van der Waals surface area contributed by atoms with Crippen molar-refractivity contribution in [1.29, 1.82) is 0 Å². The topological polar surface area (TPSA) is 75.6 Å². The maximum atomic E-state index is 12.8. The molecule has 1 aromatic carbocycles. The number of benzene rings is 1. The fraction of sp³-hybridized carbons (Fsp3) is 0.529. The molecule has 1 aliphatic carbocycles. The van der Waals surface area contributed by atoms with Gasteiger partial charge in [0.25, 0.3) is 0 Å². The van der Waals surface area contributed by atoms with Gasteiger partial charge >= 0.3 is 5.97 Å². The highest BCUT2D eigenvalue weighted by atomic mass is 16.5.